The summed E-state index contributed by atoms with van der Waals surface area (Å²) in [5.41, 5.74) is 4.51. The summed E-state index contributed by atoms with van der Waals surface area (Å²) in [5.74, 6) is 1.99. The largest absolute Gasteiger partial charge is 0.497 e. The topological polar surface area (TPSA) is 73.9 Å². The third-order valence-corrected chi connectivity index (χ3v) is 7.60. The Kier molecular flexibility index (Phi) is 8.41. The van der Waals surface area contributed by atoms with Crippen LogP contribution in [0.25, 0.3) is 0 Å². The lowest BCUT2D eigenvalue weighted by Crippen LogP contribution is -2.36. The van der Waals surface area contributed by atoms with Crippen LogP contribution in [0.3, 0.4) is 0 Å². The molecule has 2 aliphatic rings. The molecule has 1 heterocycles. The monoisotopic (exact) mass is 507 g/mol. The highest BCUT2D eigenvalue weighted by Crippen LogP contribution is 2.48. The Bertz CT molecular complexity index is 1190. The predicted octanol–water partition coefficient (Wildman–Crippen LogP) is 5.36. The van der Waals surface area contributed by atoms with Gasteiger partial charge in [-0.25, -0.2) is 4.79 Å². The normalized spacial score (nSPS) is 19.5. The molecule has 1 aliphatic carbocycles. The van der Waals surface area contributed by atoms with Gasteiger partial charge in [-0.3, -0.25) is 4.79 Å². The number of nitrogens with one attached hydrogen (secondary N) is 1. The fraction of sp³-hybridized carbons (Fsp3) is 0.379. The first kappa shape index (κ1) is 25.9. The predicted molar refractivity (Wildman–Crippen MR) is 143 cm³/mol. The second-order valence-corrected chi connectivity index (χ2v) is 10.3. The van der Waals surface area contributed by atoms with Gasteiger partial charge in [0.05, 0.1) is 25.7 Å². The van der Waals surface area contributed by atoms with E-state index in [4.69, 9.17) is 14.2 Å². The molecule has 2 aromatic carbocycles. The van der Waals surface area contributed by atoms with Crippen LogP contribution in [0.15, 0.2) is 71.1 Å². The summed E-state index contributed by atoms with van der Waals surface area (Å²) in [6.07, 6.45) is 1.07. The van der Waals surface area contributed by atoms with E-state index in [0.29, 0.717) is 47.8 Å². The Morgan fingerprint density at radius 1 is 1.08 bits per heavy atom. The second kappa shape index (κ2) is 11.7. The molecule has 2 aromatic rings. The number of ketones is 1. The first-order chi connectivity index (χ1) is 17.5. The minimum Gasteiger partial charge on any atom is -0.497 e. The summed E-state index contributed by atoms with van der Waals surface area (Å²) in [6.45, 7) is 4.26. The van der Waals surface area contributed by atoms with E-state index in [2.05, 4.69) is 24.4 Å². The molecule has 1 N–H and O–H groups in total. The van der Waals surface area contributed by atoms with E-state index in [-0.39, 0.29) is 11.7 Å². The van der Waals surface area contributed by atoms with Crippen LogP contribution in [0, 0.1) is 0 Å². The minimum absolute atomic E-state index is 0.0276. The fourth-order valence-corrected chi connectivity index (χ4v) is 5.54. The van der Waals surface area contributed by atoms with E-state index >= 15 is 0 Å². The number of rotatable bonds is 9. The third-order valence-electron chi connectivity index (χ3n) is 6.74. The SMILES string of the molecule is CCSCCOC(=O)C1=C(C)NC2=C(C(=O)C[C@@H](c3ccccc3)C2)[C@@H]1c1ccc(OC)cc1OC. The average molecular weight is 508 g/mol. The zero-order valence-corrected chi connectivity index (χ0v) is 22.1. The summed E-state index contributed by atoms with van der Waals surface area (Å²) in [5, 5.41) is 3.41. The molecule has 2 atom stereocenters. The number of benzene rings is 2. The molecule has 0 aromatic heterocycles. The molecule has 0 fully saturated rings. The van der Waals surface area contributed by atoms with E-state index in [0.717, 1.165) is 28.3 Å². The number of ether oxygens (including phenoxy) is 3. The number of carbonyl (C=O) groups excluding carboxylic acids is 2. The Hall–Kier alpha value is -3.19. The maximum atomic E-state index is 13.8. The van der Waals surface area contributed by atoms with Crippen LogP contribution in [0.4, 0.5) is 0 Å². The standard InChI is InChI=1S/C29H33NO5S/c1-5-36-14-13-35-29(32)26-18(2)30-23-15-20(19-9-7-6-8-10-19)16-24(31)28(23)27(26)22-12-11-21(33-3)17-25(22)34-4/h6-12,17,20,27,30H,5,13-16H2,1-4H3/t20-,27+/m0/s1. The Balaban J connectivity index is 1.78. The van der Waals surface area contributed by atoms with Crippen LogP contribution in [0.1, 0.15) is 49.7 Å². The lowest BCUT2D eigenvalue weighted by Gasteiger charge is -2.37. The third kappa shape index (κ3) is 5.31. The molecule has 36 heavy (non-hydrogen) atoms. The highest BCUT2D eigenvalue weighted by molar-refractivity contribution is 7.99. The van der Waals surface area contributed by atoms with Gasteiger partial charge in [-0.1, -0.05) is 43.3 Å². The smallest absolute Gasteiger partial charge is 0.336 e. The van der Waals surface area contributed by atoms with Gasteiger partial charge in [0.15, 0.2) is 5.78 Å². The van der Waals surface area contributed by atoms with Crippen molar-refractivity contribution in [3.8, 4) is 11.5 Å². The summed E-state index contributed by atoms with van der Waals surface area (Å²) in [7, 11) is 3.18. The molecule has 0 spiro atoms. The van der Waals surface area contributed by atoms with E-state index in [1.807, 2.05) is 37.3 Å². The van der Waals surface area contributed by atoms with E-state index in [1.54, 1.807) is 32.0 Å². The minimum atomic E-state index is -0.586. The van der Waals surface area contributed by atoms with Crippen molar-refractivity contribution in [2.45, 2.75) is 38.5 Å². The molecule has 190 valence electrons. The van der Waals surface area contributed by atoms with Gasteiger partial charge in [0.25, 0.3) is 0 Å². The van der Waals surface area contributed by atoms with Crippen molar-refractivity contribution in [1.29, 1.82) is 0 Å². The molecule has 0 radical (unpaired) electrons. The number of esters is 1. The Morgan fingerprint density at radius 2 is 1.86 bits per heavy atom. The van der Waals surface area contributed by atoms with Gasteiger partial charge in [-0.15, -0.1) is 0 Å². The lowest BCUT2D eigenvalue weighted by molar-refractivity contribution is -0.138. The van der Waals surface area contributed by atoms with Crippen LogP contribution in [0.2, 0.25) is 0 Å². The molecule has 0 unspecified atom stereocenters. The molecule has 1 aliphatic heterocycles. The van der Waals surface area contributed by atoms with Crippen LogP contribution < -0.4 is 14.8 Å². The molecular formula is C29H33NO5S. The number of dihydropyridines is 1. The van der Waals surface area contributed by atoms with E-state index < -0.39 is 11.9 Å². The second-order valence-electron chi connectivity index (χ2n) is 8.87. The van der Waals surface area contributed by atoms with Crippen LogP contribution in [-0.2, 0) is 14.3 Å². The maximum absolute atomic E-state index is 13.8. The highest BCUT2D eigenvalue weighted by atomic mass is 32.2. The molecule has 0 bridgehead atoms. The van der Waals surface area contributed by atoms with Crippen LogP contribution in [-0.4, -0.2) is 44.1 Å². The quantitative estimate of drug-likeness (QED) is 0.362. The number of carbonyl (C=O) groups is 2. The van der Waals surface area contributed by atoms with Gasteiger partial charge < -0.3 is 19.5 Å². The van der Waals surface area contributed by atoms with Crippen molar-refractivity contribution < 1.29 is 23.8 Å². The van der Waals surface area contributed by atoms with E-state index in [9.17, 15) is 9.59 Å². The van der Waals surface area contributed by atoms with Crippen molar-refractivity contribution in [3.05, 3.63) is 82.2 Å². The zero-order chi connectivity index (χ0) is 25.7. The fourth-order valence-electron chi connectivity index (χ4n) is 5.05. The number of Topliss-reactive ketones (excluding diaryl/α,β-unsaturated/α-hetero) is 1. The van der Waals surface area contributed by atoms with Gasteiger partial charge in [-0.2, -0.15) is 11.8 Å². The maximum Gasteiger partial charge on any atom is 0.336 e. The van der Waals surface area contributed by atoms with Crippen LogP contribution in [0.5, 0.6) is 11.5 Å². The first-order valence-corrected chi connectivity index (χ1v) is 13.4. The Morgan fingerprint density at radius 3 is 2.56 bits per heavy atom. The van der Waals surface area contributed by atoms with Gasteiger partial charge in [0.2, 0.25) is 0 Å². The molecular weight excluding hydrogens is 474 g/mol. The molecule has 6 nitrogen and oxygen atoms in total. The Labute approximate surface area is 217 Å². The van der Waals surface area contributed by atoms with Crippen molar-refractivity contribution in [2.24, 2.45) is 0 Å². The number of hydrogen-bond acceptors (Lipinski definition) is 7. The van der Waals surface area contributed by atoms with Crippen molar-refractivity contribution >= 4 is 23.5 Å². The van der Waals surface area contributed by atoms with E-state index in [1.165, 1.54) is 0 Å². The summed E-state index contributed by atoms with van der Waals surface area (Å²) < 4.78 is 16.8. The molecule has 4 rings (SSSR count). The van der Waals surface area contributed by atoms with Crippen molar-refractivity contribution in [3.63, 3.8) is 0 Å². The molecule has 7 heteroatoms. The number of thioether (sulfide) groups is 1. The number of allylic oxidation sites excluding steroid dienone is 3. The average Bonchev–Trinajstić information content (AvgIpc) is 2.90. The number of methoxy groups -OCH3 is 2. The van der Waals surface area contributed by atoms with Gasteiger partial charge in [0.1, 0.15) is 18.1 Å². The molecule has 0 saturated carbocycles. The summed E-state index contributed by atoms with van der Waals surface area (Å²) in [6, 6.07) is 15.6. The zero-order valence-electron chi connectivity index (χ0n) is 21.3. The number of hydrogen-bond donors (Lipinski definition) is 1. The van der Waals surface area contributed by atoms with Gasteiger partial charge in [-0.05, 0) is 36.6 Å². The lowest BCUT2D eigenvalue weighted by atomic mass is 9.71. The highest BCUT2D eigenvalue weighted by Gasteiger charge is 2.42. The molecule has 0 saturated heterocycles. The summed E-state index contributed by atoms with van der Waals surface area (Å²) in [4.78, 5) is 27.2. The van der Waals surface area contributed by atoms with Gasteiger partial charge in [0, 0.05) is 40.8 Å². The first-order valence-electron chi connectivity index (χ1n) is 12.2. The van der Waals surface area contributed by atoms with Crippen molar-refractivity contribution in [1.82, 2.24) is 5.32 Å². The molecule has 0 amide bonds. The van der Waals surface area contributed by atoms with Crippen molar-refractivity contribution in [2.75, 3.05) is 32.3 Å². The summed E-state index contributed by atoms with van der Waals surface area (Å²) >= 11 is 1.72. The van der Waals surface area contributed by atoms with Gasteiger partial charge >= 0.3 is 5.97 Å². The van der Waals surface area contributed by atoms with Crippen LogP contribution >= 0.6 is 11.8 Å².